The second kappa shape index (κ2) is 6.96. The Balaban J connectivity index is 1.40. The predicted octanol–water partition coefficient (Wildman–Crippen LogP) is 2.65. The highest BCUT2D eigenvalue weighted by Gasteiger charge is 2.34. The van der Waals surface area contributed by atoms with Crippen LogP contribution in [0.5, 0.6) is 0 Å². The maximum atomic E-state index is 12.6. The van der Waals surface area contributed by atoms with Crippen LogP contribution in [0, 0.1) is 12.8 Å². The lowest BCUT2D eigenvalue weighted by molar-refractivity contribution is 0.0921. The molecule has 1 saturated carbocycles. The molecule has 2 fully saturated rings. The van der Waals surface area contributed by atoms with Crippen LogP contribution in [0.2, 0.25) is 0 Å². The van der Waals surface area contributed by atoms with Gasteiger partial charge < -0.3 is 14.7 Å². The highest BCUT2D eigenvalue weighted by molar-refractivity contribution is 5.94. The largest absolute Gasteiger partial charge is 0.348 e. The average Bonchev–Trinajstić information content (AvgIpc) is 3.18. The Morgan fingerprint density at radius 2 is 2.00 bits per heavy atom. The minimum atomic E-state index is 0.00643. The van der Waals surface area contributed by atoms with Gasteiger partial charge in [0.15, 0.2) is 0 Å². The van der Waals surface area contributed by atoms with Crippen LogP contribution in [0.4, 0.5) is 0 Å². The number of hydrogen-bond donors (Lipinski definition) is 1. The summed E-state index contributed by atoms with van der Waals surface area (Å²) in [4.78, 5) is 19.3. The first-order chi connectivity index (χ1) is 12.2. The van der Waals surface area contributed by atoms with Gasteiger partial charge in [0, 0.05) is 30.6 Å². The Morgan fingerprint density at radius 1 is 1.28 bits per heavy atom. The number of carbonyl (C=O) groups is 1. The van der Waals surface area contributed by atoms with Gasteiger partial charge in [0.1, 0.15) is 0 Å². The van der Waals surface area contributed by atoms with Crippen LogP contribution in [-0.4, -0.2) is 46.6 Å². The number of amides is 1. The van der Waals surface area contributed by atoms with Crippen molar-refractivity contribution in [2.45, 2.75) is 38.6 Å². The van der Waals surface area contributed by atoms with Gasteiger partial charge >= 0.3 is 0 Å². The van der Waals surface area contributed by atoms with E-state index >= 15 is 0 Å². The zero-order valence-electron chi connectivity index (χ0n) is 14.6. The fourth-order valence-corrected chi connectivity index (χ4v) is 3.49. The Labute approximate surface area is 147 Å². The van der Waals surface area contributed by atoms with Crippen LogP contribution in [0.1, 0.15) is 41.9 Å². The van der Waals surface area contributed by atoms with Gasteiger partial charge in [-0.15, -0.1) is 0 Å². The van der Waals surface area contributed by atoms with E-state index in [1.165, 1.54) is 25.7 Å². The number of rotatable bonds is 6. The Bertz CT molecular complexity index is 730. The summed E-state index contributed by atoms with van der Waals surface area (Å²) >= 11 is 0. The third kappa shape index (κ3) is 3.90. The summed E-state index contributed by atoms with van der Waals surface area (Å²) in [6, 6.07) is 7.66. The van der Waals surface area contributed by atoms with Crippen molar-refractivity contribution < 1.29 is 9.32 Å². The molecule has 1 aromatic heterocycles. The smallest absolute Gasteiger partial charge is 0.251 e. The summed E-state index contributed by atoms with van der Waals surface area (Å²) < 4.78 is 5.00. The number of aromatic nitrogens is 2. The summed E-state index contributed by atoms with van der Waals surface area (Å²) in [7, 11) is 0. The van der Waals surface area contributed by atoms with Gasteiger partial charge in [0.2, 0.25) is 11.7 Å². The molecule has 0 radical (unpaired) electrons. The summed E-state index contributed by atoms with van der Waals surface area (Å²) in [6.45, 7) is 5.07. The number of nitrogens with one attached hydrogen (secondary N) is 1. The van der Waals surface area contributed by atoms with Crippen molar-refractivity contribution in [1.29, 1.82) is 0 Å². The first-order valence-electron chi connectivity index (χ1n) is 9.13. The average molecular weight is 340 g/mol. The monoisotopic (exact) mass is 340 g/mol. The van der Waals surface area contributed by atoms with E-state index in [1.54, 1.807) is 6.92 Å². The summed E-state index contributed by atoms with van der Waals surface area (Å²) in [6.07, 6.45) is 5.02. The number of hydrogen-bond acceptors (Lipinski definition) is 5. The van der Waals surface area contributed by atoms with Crippen LogP contribution < -0.4 is 5.32 Å². The van der Waals surface area contributed by atoms with E-state index in [4.69, 9.17) is 4.52 Å². The molecule has 1 saturated heterocycles. The molecule has 1 atom stereocenters. The van der Waals surface area contributed by atoms with Gasteiger partial charge in [0.05, 0.1) is 0 Å². The molecule has 0 spiro atoms. The molecule has 132 valence electrons. The molecule has 2 heterocycles. The third-order valence-corrected chi connectivity index (χ3v) is 5.09. The van der Waals surface area contributed by atoms with Gasteiger partial charge in [-0.2, -0.15) is 4.98 Å². The first kappa shape index (κ1) is 16.3. The second-order valence-corrected chi connectivity index (χ2v) is 7.14. The maximum absolute atomic E-state index is 12.6. The lowest BCUT2D eigenvalue weighted by Gasteiger charge is -2.24. The SMILES string of the molecule is Cc1nc(-c2ccc(C(=O)N[C@@H](CN3CCCC3)C3CC3)cc2)no1. The summed E-state index contributed by atoms with van der Waals surface area (Å²) in [5.74, 6) is 1.73. The molecule has 2 aromatic rings. The van der Waals surface area contributed by atoms with E-state index < -0.39 is 0 Å². The molecule has 0 bridgehead atoms. The van der Waals surface area contributed by atoms with Crippen molar-refractivity contribution in [3.8, 4) is 11.4 Å². The number of nitrogens with zero attached hydrogens (tertiary/aromatic N) is 3. The predicted molar refractivity (Wildman–Crippen MR) is 94.1 cm³/mol. The normalized spacial score (nSPS) is 19.1. The maximum Gasteiger partial charge on any atom is 0.251 e. The van der Waals surface area contributed by atoms with Crippen molar-refractivity contribution >= 4 is 5.91 Å². The summed E-state index contributed by atoms with van der Waals surface area (Å²) in [5, 5.41) is 7.16. The Kier molecular flexibility index (Phi) is 4.53. The van der Waals surface area contributed by atoms with Crippen LogP contribution in [0.25, 0.3) is 11.4 Å². The number of benzene rings is 1. The molecular formula is C19H24N4O2. The zero-order chi connectivity index (χ0) is 17.2. The molecule has 6 heteroatoms. The van der Waals surface area contributed by atoms with Crippen LogP contribution in [0.15, 0.2) is 28.8 Å². The minimum absolute atomic E-state index is 0.00643. The van der Waals surface area contributed by atoms with Crippen molar-refractivity contribution in [2.75, 3.05) is 19.6 Å². The highest BCUT2D eigenvalue weighted by atomic mass is 16.5. The van der Waals surface area contributed by atoms with Crippen LogP contribution in [0.3, 0.4) is 0 Å². The van der Waals surface area contributed by atoms with Gasteiger partial charge in [0.25, 0.3) is 5.91 Å². The van der Waals surface area contributed by atoms with Crippen molar-refractivity contribution in [1.82, 2.24) is 20.4 Å². The molecule has 1 aliphatic carbocycles. The van der Waals surface area contributed by atoms with Gasteiger partial charge in [-0.1, -0.05) is 17.3 Å². The van der Waals surface area contributed by atoms with Crippen molar-refractivity contribution in [2.24, 2.45) is 5.92 Å². The quantitative estimate of drug-likeness (QED) is 0.875. The molecule has 4 rings (SSSR count). The molecular weight excluding hydrogens is 316 g/mol. The van der Waals surface area contributed by atoms with E-state index in [2.05, 4.69) is 20.4 Å². The Hall–Kier alpha value is -2.21. The topological polar surface area (TPSA) is 71.3 Å². The van der Waals surface area contributed by atoms with Crippen molar-refractivity contribution in [3.05, 3.63) is 35.7 Å². The lowest BCUT2D eigenvalue weighted by Crippen LogP contribution is -2.44. The van der Waals surface area contributed by atoms with E-state index in [-0.39, 0.29) is 11.9 Å². The van der Waals surface area contributed by atoms with Crippen LogP contribution >= 0.6 is 0 Å². The molecule has 1 amide bonds. The molecule has 2 aliphatic rings. The molecule has 6 nitrogen and oxygen atoms in total. The Morgan fingerprint density at radius 3 is 2.60 bits per heavy atom. The fraction of sp³-hybridized carbons (Fsp3) is 0.526. The van der Waals surface area contributed by atoms with E-state index in [1.807, 2.05) is 24.3 Å². The summed E-state index contributed by atoms with van der Waals surface area (Å²) in [5.41, 5.74) is 1.53. The fourth-order valence-electron chi connectivity index (χ4n) is 3.49. The molecule has 1 aliphatic heterocycles. The molecule has 1 aromatic carbocycles. The second-order valence-electron chi connectivity index (χ2n) is 7.14. The number of likely N-dealkylation sites (tertiary alicyclic amines) is 1. The standard InChI is InChI=1S/C19H24N4O2/c1-13-20-18(22-25-13)15-6-8-16(9-7-15)19(24)21-17(14-4-5-14)12-23-10-2-3-11-23/h6-9,14,17H,2-5,10-12H2,1H3,(H,21,24)/t17-/m0/s1. The van der Waals surface area contributed by atoms with E-state index in [0.29, 0.717) is 23.2 Å². The van der Waals surface area contributed by atoms with E-state index in [0.717, 1.165) is 25.2 Å². The molecule has 1 N–H and O–H groups in total. The number of aryl methyl sites for hydroxylation is 1. The van der Waals surface area contributed by atoms with Gasteiger partial charge in [-0.25, -0.2) is 0 Å². The molecule has 25 heavy (non-hydrogen) atoms. The van der Waals surface area contributed by atoms with Gasteiger partial charge in [-0.3, -0.25) is 4.79 Å². The number of carbonyl (C=O) groups excluding carboxylic acids is 1. The van der Waals surface area contributed by atoms with Crippen LogP contribution in [-0.2, 0) is 0 Å². The highest BCUT2D eigenvalue weighted by Crippen LogP contribution is 2.33. The molecule has 0 unspecified atom stereocenters. The lowest BCUT2D eigenvalue weighted by atomic mass is 10.1. The van der Waals surface area contributed by atoms with Gasteiger partial charge in [-0.05, 0) is 56.8 Å². The van der Waals surface area contributed by atoms with Crippen molar-refractivity contribution in [3.63, 3.8) is 0 Å². The minimum Gasteiger partial charge on any atom is -0.348 e. The van der Waals surface area contributed by atoms with E-state index in [9.17, 15) is 4.79 Å². The zero-order valence-corrected chi connectivity index (χ0v) is 14.6. The third-order valence-electron chi connectivity index (χ3n) is 5.09. The first-order valence-corrected chi connectivity index (χ1v) is 9.13.